The maximum absolute atomic E-state index is 12.5. The highest BCUT2D eigenvalue weighted by molar-refractivity contribution is 6.30. The van der Waals surface area contributed by atoms with Crippen LogP contribution in [0.1, 0.15) is 39.8 Å². The third kappa shape index (κ3) is 5.96. The van der Waals surface area contributed by atoms with Crippen molar-refractivity contribution in [3.8, 4) is 0 Å². The predicted octanol–water partition coefficient (Wildman–Crippen LogP) is 3.47. The Morgan fingerprint density at radius 3 is 2.52 bits per heavy atom. The van der Waals surface area contributed by atoms with Gasteiger partial charge in [0.05, 0.1) is 12.5 Å². The second kappa shape index (κ2) is 9.93. The van der Waals surface area contributed by atoms with Crippen molar-refractivity contribution in [1.29, 1.82) is 0 Å². The molecule has 0 saturated carbocycles. The first-order chi connectivity index (χ1) is 13.7. The minimum absolute atomic E-state index is 0.173. The predicted molar refractivity (Wildman–Crippen MR) is 111 cm³/mol. The van der Waals surface area contributed by atoms with Crippen LogP contribution in [0.3, 0.4) is 0 Å². The number of ether oxygens (including phenoxy) is 1. The number of hydrogen-bond donors (Lipinski definition) is 2. The first-order valence-electron chi connectivity index (χ1n) is 9.00. The number of nitrogens with two attached hydrogens (primary N) is 1. The number of primary amides is 1. The van der Waals surface area contributed by atoms with Gasteiger partial charge in [0, 0.05) is 28.5 Å². The SMILES string of the molecule is C=CCn1c(C)cc(C(=O)COC(=O)C[C@H](NC(N)=O)c2ccc(Cl)cc2)c1C. The van der Waals surface area contributed by atoms with Gasteiger partial charge in [-0.15, -0.1) is 6.58 Å². The number of urea groups is 1. The van der Waals surface area contributed by atoms with Crippen LogP contribution in [0.15, 0.2) is 43.0 Å². The van der Waals surface area contributed by atoms with Gasteiger partial charge in [-0.1, -0.05) is 29.8 Å². The number of allylic oxidation sites excluding steroid dienone is 1. The van der Waals surface area contributed by atoms with Crippen LogP contribution in [0.25, 0.3) is 0 Å². The number of Topliss-reactive ketones (excluding diaryl/α,β-unsaturated/α-hetero) is 1. The Morgan fingerprint density at radius 2 is 1.93 bits per heavy atom. The molecular weight excluding hydrogens is 394 g/mol. The standard InChI is InChI=1S/C21H24ClN3O4/c1-4-9-25-13(2)10-17(14(25)3)19(26)12-29-20(27)11-18(24-21(23)28)15-5-7-16(22)8-6-15/h4-8,10,18H,1,9,11-12H2,2-3H3,(H3,23,24,28)/t18-/m0/s1. The highest BCUT2D eigenvalue weighted by Crippen LogP contribution is 2.20. The van der Waals surface area contributed by atoms with Gasteiger partial charge in [-0.05, 0) is 37.6 Å². The molecule has 1 atom stereocenters. The molecule has 8 heteroatoms. The normalized spacial score (nSPS) is 11.6. The van der Waals surface area contributed by atoms with Crippen molar-refractivity contribution in [2.45, 2.75) is 32.9 Å². The zero-order valence-corrected chi connectivity index (χ0v) is 17.2. The Labute approximate surface area is 174 Å². The van der Waals surface area contributed by atoms with E-state index in [0.717, 1.165) is 11.4 Å². The van der Waals surface area contributed by atoms with Gasteiger partial charge in [0.15, 0.2) is 6.61 Å². The molecule has 1 aromatic heterocycles. The Morgan fingerprint density at radius 1 is 1.28 bits per heavy atom. The second-order valence-electron chi connectivity index (χ2n) is 6.58. The fourth-order valence-electron chi connectivity index (χ4n) is 3.06. The van der Waals surface area contributed by atoms with Crippen LogP contribution in [0.4, 0.5) is 4.79 Å². The summed E-state index contributed by atoms with van der Waals surface area (Å²) in [6.45, 7) is 7.64. The minimum Gasteiger partial charge on any atom is -0.457 e. The summed E-state index contributed by atoms with van der Waals surface area (Å²) in [6, 6.07) is 6.93. The largest absolute Gasteiger partial charge is 0.457 e. The molecule has 0 saturated heterocycles. The summed E-state index contributed by atoms with van der Waals surface area (Å²) in [5, 5.41) is 3.02. The topological polar surface area (TPSA) is 103 Å². The van der Waals surface area contributed by atoms with Gasteiger partial charge in [-0.2, -0.15) is 0 Å². The third-order valence-electron chi connectivity index (χ3n) is 4.51. The van der Waals surface area contributed by atoms with E-state index in [-0.39, 0.29) is 18.8 Å². The van der Waals surface area contributed by atoms with Gasteiger partial charge in [0.25, 0.3) is 0 Å². The van der Waals surface area contributed by atoms with Crippen molar-refractivity contribution in [2.24, 2.45) is 5.73 Å². The lowest BCUT2D eigenvalue weighted by atomic mass is 10.0. The number of nitrogens with zero attached hydrogens (tertiary/aromatic N) is 1. The number of aromatic nitrogens is 1. The molecule has 2 rings (SSSR count). The number of halogens is 1. The molecule has 0 aliphatic heterocycles. The van der Waals surface area contributed by atoms with Crippen molar-refractivity contribution < 1.29 is 19.1 Å². The number of benzene rings is 1. The molecule has 0 unspecified atom stereocenters. The van der Waals surface area contributed by atoms with Crippen LogP contribution in [0.5, 0.6) is 0 Å². The number of ketones is 1. The van der Waals surface area contributed by atoms with Crippen molar-refractivity contribution in [1.82, 2.24) is 9.88 Å². The first-order valence-corrected chi connectivity index (χ1v) is 9.38. The maximum atomic E-state index is 12.5. The van der Waals surface area contributed by atoms with E-state index in [0.29, 0.717) is 22.7 Å². The minimum atomic E-state index is -0.775. The molecule has 0 radical (unpaired) electrons. The quantitative estimate of drug-likeness (QED) is 0.370. The highest BCUT2D eigenvalue weighted by Gasteiger charge is 2.21. The van der Waals surface area contributed by atoms with Crippen LogP contribution in [0.2, 0.25) is 5.02 Å². The average Bonchev–Trinajstić information content (AvgIpc) is 2.94. The van der Waals surface area contributed by atoms with E-state index in [1.807, 2.05) is 18.4 Å². The first kappa shape index (κ1) is 22.2. The van der Waals surface area contributed by atoms with Gasteiger partial charge in [0.2, 0.25) is 5.78 Å². The summed E-state index contributed by atoms with van der Waals surface area (Å²) in [6.07, 6.45) is 1.57. The van der Waals surface area contributed by atoms with Gasteiger partial charge >= 0.3 is 12.0 Å². The number of carbonyl (C=O) groups is 3. The molecule has 0 spiro atoms. The molecule has 3 N–H and O–H groups in total. The van der Waals surface area contributed by atoms with Crippen LogP contribution in [-0.4, -0.2) is 29.0 Å². The average molecular weight is 418 g/mol. The summed E-state index contributed by atoms with van der Waals surface area (Å²) in [5.74, 6) is -0.931. The Hall–Kier alpha value is -3.06. The number of aryl methyl sites for hydroxylation is 1. The van der Waals surface area contributed by atoms with E-state index in [1.54, 1.807) is 36.4 Å². The summed E-state index contributed by atoms with van der Waals surface area (Å²) in [5.41, 5.74) is 8.06. The summed E-state index contributed by atoms with van der Waals surface area (Å²) < 4.78 is 7.10. The number of carbonyl (C=O) groups excluding carboxylic acids is 3. The van der Waals surface area contributed by atoms with Gasteiger partial charge in [0.1, 0.15) is 0 Å². The number of amides is 2. The van der Waals surface area contributed by atoms with Crippen LogP contribution in [-0.2, 0) is 16.1 Å². The summed E-state index contributed by atoms with van der Waals surface area (Å²) in [7, 11) is 0. The summed E-state index contributed by atoms with van der Waals surface area (Å²) in [4.78, 5) is 36.0. The van der Waals surface area contributed by atoms with Crippen molar-refractivity contribution in [2.75, 3.05) is 6.61 Å². The molecule has 0 aliphatic carbocycles. The molecule has 1 aromatic carbocycles. The number of hydrogen-bond acceptors (Lipinski definition) is 4. The smallest absolute Gasteiger partial charge is 0.312 e. The third-order valence-corrected chi connectivity index (χ3v) is 4.76. The fraction of sp³-hybridized carbons (Fsp3) is 0.286. The molecule has 0 bridgehead atoms. The number of nitrogens with one attached hydrogen (secondary N) is 1. The zero-order chi connectivity index (χ0) is 21.6. The van der Waals surface area contributed by atoms with Crippen molar-refractivity contribution in [3.63, 3.8) is 0 Å². The molecule has 2 aromatic rings. The molecule has 0 fully saturated rings. The van der Waals surface area contributed by atoms with Gasteiger partial charge < -0.3 is 20.4 Å². The molecule has 7 nitrogen and oxygen atoms in total. The van der Waals surface area contributed by atoms with E-state index in [2.05, 4.69) is 11.9 Å². The van der Waals surface area contributed by atoms with E-state index in [4.69, 9.17) is 22.1 Å². The lowest BCUT2D eigenvalue weighted by molar-refractivity contribution is -0.143. The lowest BCUT2D eigenvalue weighted by Crippen LogP contribution is -2.34. The van der Waals surface area contributed by atoms with E-state index >= 15 is 0 Å². The Bertz CT molecular complexity index is 919. The monoisotopic (exact) mass is 417 g/mol. The van der Waals surface area contributed by atoms with E-state index < -0.39 is 18.0 Å². The van der Waals surface area contributed by atoms with Crippen LogP contribution in [0, 0.1) is 13.8 Å². The maximum Gasteiger partial charge on any atom is 0.312 e. The van der Waals surface area contributed by atoms with Gasteiger partial charge in [-0.25, -0.2) is 4.79 Å². The highest BCUT2D eigenvalue weighted by atomic mass is 35.5. The number of esters is 1. The molecule has 0 aliphatic rings. The van der Waals surface area contributed by atoms with Crippen molar-refractivity contribution in [3.05, 3.63) is 70.5 Å². The Kier molecular flexibility index (Phi) is 7.61. The molecule has 29 heavy (non-hydrogen) atoms. The van der Waals surface area contributed by atoms with Gasteiger partial charge in [-0.3, -0.25) is 9.59 Å². The zero-order valence-electron chi connectivity index (χ0n) is 16.4. The Balaban J connectivity index is 2.02. The lowest BCUT2D eigenvalue weighted by Gasteiger charge is -2.17. The van der Waals surface area contributed by atoms with Crippen LogP contribution < -0.4 is 11.1 Å². The van der Waals surface area contributed by atoms with Crippen LogP contribution >= 0.6 is 11.6 Å². The molecule has 1 heterocycles. The molecule has 154 valence electrons. The molecular formula is C21H24ClN3O4. The number of rotatable bonds is 9. The van der Waals surface area contributed by atoms with Crippen molar-refractivity contribution >= 4 is 29.4 Å². The van der Waals surface area contributed by atoms with E-state index in [1.165, 1.54) is 0 Å². The fourth-order valence-corrected chi connectivity index (χ4v) is 3.19. The molecule has 2 amide bonds. The summed E-state index contributed by atoms with van der Waals surface area (Å²) >= 11 is 5.87. The van der Waals surface area contributed by atoms with E-state index in [9.17, 15) is 14.4 Å². The second-order valence-corrected chi connectivity index (χ2v) is 7.02.